The van der Waals surface area contributed by atoms with E-state index in [1.54, 1.807) is 0 Å². The molecule has 0 rings (SSSR count). The van der Waals surface area contributed by atoms with Gasteiger partial charge in [-0.2, -0.15) is 0 Å². The molecule has 0 nitrogen and oxygen atoms in total. The maximum Gasteiger partial charge on any atom is 0.105 e. The van der Waals surface area contributed by atoms with Crippen molar-refractivity contribution in [2.75, 3.05) is 0 Å². The van der Waals surface area contributed by atoms with Gasteiger partial charge in [0.2, 0.25) is 0 Å². The van der Waals surface area contributed by atoms with E-state index >= 15 is 0 Å². The van der Waals surface area contributed by atoms with E-state index in [9.17, 15) is 4.39 Å². The first-order valence-corrected chi connectivity index (χ1v) is 2.04. The standard InChI is InChI=1S/C5H10F/c1-4-5(2,3)6/h1,4H2,2-3H3. The minimum Gasteiger partial charge on any atom is -0.245 e. The molecular formula is C5H10F. The molecule has 0 spiro atoms. The average molecular weight is 89.1 g/mol. The highest BCUT2D eigenvalue weighted by Crippen LogP contribution is 2.10. The summed E-state index contributed by atoms with van der Waals surface area (Å²) in [4.78, 5) is 0. The fraction of sp³-hybridized carbons (Fsp3) is 0.800. The Labute approximate surface area is 38.4 Å². The zero-order valence-corrected chi connectivity index (χ0v) is 4.29. The highest BCUT2D eigenvalue weighted by molar-refractivity contribution is 4.65. The van der Waals surface area contributed by atoms with E-state index in [1.165, 1.54) is 13.8 Å². The molecule has 0 aromatic rings. The van der Waals surface area contributed by atoms with E-state index in [0.717, 1.165) is 0 Å². The molecule has 0 atom stereocenters. The Morgan fingerprint density at radius 2 is 1.83 bits per heavy atom. The molecule has 37 valence electrons. The Morgan fingerprint density at radius 3 is 1.83 bits per heavy atom. The Bertz CT molecular complexity index is 33.7. The van der Waals surface area contributed by atoms with Gasteiger partial charge in [0.05, 0.1) is 0 Å². The van der Waals surface area contributed by atoms with E-state index in [4.69, 9.17) is 0 Å². The van der Waals surface area contributed by atoms with Crippen LogP contribution in [0.3, 0.4) is 0 Å². The number of alkyl halides is 1. The van der Waals surface area contributed by atoms with Crippen molar-refractivity contribution in [1.29, 1.82) is 0 Å². The highest BCUT2D eigenvalue weighted by Gasteiger charge is 2.09. The van der Waals surface area contributed by atoms with Gasteiger partial charge in [-0.15, -0.1) is 0 Å². The second-order valence-corrected chi connectivity index (χ2v) is 1.97. The molecule has 0 aromatic carbocycles. The first-order chi connectivity index (χ1) is 2.56. The van der Waals surface area contributed by atoms with Gasteiger partial charge >= 0.3 is 0 Å². The van der Waals surface area contributed by atoms with Crippen LogP contribution in [0.5, 0.6) is 0 Å². The summed E-state index contributed by atoms with van der Waals surface area (Å²) in [6.07, 6.45) is 0.354. The molecule has 1 heteroatoms. The van der Waals surface area contributed by atoms with Gasteiger partial charge in [-0.3, -0.25) is 0 Å². The Kier molecular flexibility index (Phi) is 1.57. The van der Waals surface area contributed by atoms with Crippen molar-refractivity contribution in [3.8, 4) is 0 Å². The minimum absolute atomic E-state index is 0.354. The third-order valence-electron chi connectivity index (χ3n) is 0.594. The number of hydrogen-bond acceptors (Lipinski definition) is 0. The molecule has 0 unspecified atom stereocenters. The van der Waals surface area contributed by atoms with Gasteiger partial charge in [-0.1, -0.05) is 6.92 Å². The van der Waals surface area contributed by atoms with Gasteiger partial charge in [-0.25, -0.2) is 4.39 Å². The number of hydrogen-bond donors (Lipinski definition) is 0. The molecule has 1 radical (unpaired) electrons. The Hall–Kier alpha value is -0.0700. The summed E-state index contributed by atoms with van der Waals surface area (Å²) in [6.45, 7) is 6.41. The Morgan fingerprint density at radius 1 is 1.67 bits per heavy atom. The maximum absolute atomic E-state index is 12.1. The molecule has 0 amide bonds. The molecule has 0 N–H and O–H groups in total. The SMILES string of the molecule is [CH2]CC(C)(C)F. The van der Waals surface area contributed by atoms with Crippen molar-refractivity contribution in [1.82, 2.24) is 0 Å². The van der Waals surface area contributed by atoms with E-state index in [2.05, 4.69) is 6.92 Å². The van der Waals surface area contributed by atoms with Crippen LogP contribution in [0.1, 0.15) is 20.3 Å². The molecule has 0 bridgehead atoms. The van der Waals surface area contributed by atoms with Gasteiger partial charge in [-0.05, 0) is 20.3 Å². The fourth-order valence-corrected chi connectivity index (χ4v) is 0. The monoisotopic (exact) mass is 89.1 g/mol. The maximum atomic E-state index is 12.1. The molecule has 0 saturated carbocycles. The lowest BCUT2D eigenvalue weighted by Crippen LogP contribution is -2.07. The van der Waals surface area contributed by atoms with Gasteiger partial charge < -0.3 is 0 Å². The van der Waals surface area contributed by atoms with Crippen LogP contribution >= 0.6 is 0 Å². The van der Waals surface area contributed by atoms with E-state index in [1.807, 2.05) is 0 Å². The van der Waals surface area contributed by atoms with Crippen LogP contribution in [0.2, 0.25) is 0 Å². The zero-order valence-electron chi connectivity index (χ0n) is 4.29. The molecule has 0 heterocycles. The Balaban J connectivity index is 3.17. The molecule has 0 aromatic heterocycles. The molecule has 0 aliphatic carbocycles. The van der Waals surface area contributed by atoms with Crippen LogP contribution in [0, 0.1) is 6.92 Å². The lowest BCUT2D eigenvalue weighted by molar-refractivity contribution is 0.220. The summed E-state index contributed by atoms with van der Waals surface area (Å²) in [5, 5.41) is 0. The normalized spacial score (nSPS) is 12.0. The predicted molar refractivity (Wildman–Crippen MR) is 25.2 cm³/mol. The summed E-state index contributed by atoms with van der Waals surface area (Å²) in [5.41, 5.74) is -1.07. The summed E-state index contributed by atoms with van der Waals surface area (Å²) in [6, 6.07) is 0. The van der Waals surface area contributed by atoms with Gasteiger partial charge in [0.15, 0.2) is 0 Å². The first-order valence-electron chi connectivity index (χ1n) is 2.04. The quantitative estimate of drug-likeness (QED) is 0.460. The van der Waals surface area contributed by atoms with E-state index in [0.29, 0.717) is 6.42 Å². The molecule has 0 aliphatic heterocycles. The average Bonchev–Trinajstić information content (AvgIpc) is 1.35. The van der Waals surface area contributed by atoms with Crippen LogP contribution in [-0.4, -0.2) is 5.67 Å². The third kappa shape index (κ3) is 3.93. The number of rotatable bonds is 1. The van der Waals surface area contributed by atoms with Crippen molar-refractivity contribution in [2.45, 2.75) is 25.9 Å². The summed E-state index contributed by atoms with van der Waals surface area (Å²) in [5.74, 6) is 0. The molecule has 0 aliphatic rings. The second-order valence-electron chi connectivity index (χ2n) is 1.97. The molecule has 0 fully saturated rings. The lowest BCUT2D eigenvalue weighted by atomic mass is 10.1. The van der Waals surface area contributed by atoms with Crippen molar-refractivity contribution in [2.24, 2.45) is 0 Å². The van der Waals surface area contributed by atoms with E-state index in [-0.39, 0.29) is 0 Å². The first kappa shape index (κ1) is 5.93. The summed E-state index contributed by atoms with van der Waals surface area (Å²) < 4.78 is 12.1. The smallest absolute Gasteiger partial charge is 0.105 e. The highest BCUT2D eigenvalue weighted by atomic mass is 19.1. The largest absolute Gasteiger partial charge is 0.245 e. The van der Waals surface area contributed by atoms with Crippen LogP contribution in [0.15, 0.2) is 0 Å². The van der Waals surface area contributed by atoms with Crippen molar-refractivity contribution in [3.05, 3.63) is 6.92 Å². The van der Waals surface area contributed by atoms with Crippen molar-refractivity contribution in [3.63, 3.8) is 0 Å². The number of halogens is 1. The molecule has 0 saturated heterocycles. The van der Waals surface area contributed by atoms with Crippen molar-refractivity contribution < 1.29 is 4.39 Å². The predicted octanol–water partition coefficient (Wildman–Crippen LogP) is 1.96. The zero-order chi connectivity index (χ0) is 5.21. The van der Waals surface area contributed by atoms with Crippen molar-refractivity contribution >= 4 is 0 Å². The van der Waals surface area contributed by atoms with Gasteiger partial charge in [0.1, 0.15) is 5.67 Å². The minimum atomic E-state index is -1.07. The van der Waals surface area contributed by atoms with Crippen LogP contribution < -0.4 is 0 Å². The van der Waals surface area contributed by atoms with Gasteiger partial charge in [0.25, 0.3) is 0 Å². The molecular weight excluding hydrogens is 79.1 g/mol. The van der Waals surface area contributed by atoms with Crippen LogP contribution in [0.4, 0.5) is 4.39 Å². The fourth-order valence-electron chi connectivity index (χ4n) is 0. The second kappa shape index (κ2) is 1.59. The van der Waals surface area contributed by atoms with Crippen LogP contribution in [0.25, 0.3) is 0 Å². The summed E-state index contributed by atoms with van der Waals surface area (Å²) >= 11 is 0. The lowest BCUT2D eigenvalue weighted by Gasteiger charge is -2.07. The topological polar surface area (TPSA) is 0 Å². The third-order valence-corrected chi connectivity index (χ3v) is 0.594. The summed E-state index contributed by atoms with van der Waals surface area (Å²) in [7, 11) is 0. The molecule has 6 heavy (non-hydrogen) atoms. The van der Waals surface area contributed by atoms with Gasteiger partial charge in [0, 0.05) is 0 Å². The van der Waals surface area contributed by atoms with Crippen LogP contribution in [-0.2, 0) is 0 Å². The van der Waals surface area contributed by atoms with E-state index < -0.39 is 5.67 Å².